The molecule has 3 heterocycles. The molecule has 0 amide bonds. The Kier molecular flexibility index (Phi) is 3.72. The standard InChI is InChI=1S/C18H19BrN4O/c1-10-5-4-6-14-16(10)13(7-8-24-14)21-17-18-20-11(2)12(3)23(18)9-15(19)22-17/h4-6,9,13H,7-8H2,1-3H3,(H,21,22). The molecule has 2 aromatic heterocycles. The predicted molar refractivity (Wildman–Crippen MR) is 97.8 cm³/mol. The second kappa shape index (κ2) is 5.77. The van der Waals surface area contributed by atoms with Gasteiger partial charge < -0.3 is 10.1 Å². The number of imidazole rings is 1. The first-order valence-corrected chi connectivity index (χ1v) is 8.84. The molecule has 1 aliphatic heterocycles. The fourth-order valence-corrected chi connectivity index (χ4v) is 3.69. The first-order chi connectivity index (χ1) is 11.5. The van der Waals surface area contributed by atoms with Crippen LogP contribution in [0.1, 0.15) is 35.0 Å². The van der Waals surface area contributed by atoms with Crippen molar-refractivity contribution in [3.63, 3.8) is 0 Å². The molecule has 24 heavy (non-hydrogen) atoms. The number of ether oxygens (including phenoxy) is 1. The van der Waals surface area contributed by atoms with Crippen molar-refractivity contribution in [2.24, 2.45) is 0 Å². The molecular formula is C18H19BrN4O. The van der Waals surface area contributed by atoms with E-state index < -0.39 is 0 Å². The van der Waals surface area contributed by atoms with Gasteiger partial charge in [-0.3, -0.25) is 4.40 Å². The zero-order valence-electron chi connectivity index (χ0n) is 13.9. The highest BCUT2D eigenvalue weighted by molar-refractivity contribution is 9.10. The van der Waals surface area contributed by atoms with Crippen molar-refractivity contribution in [3.8, 4) is 5.75 Å². The highest BCUT2D eigenvalue weighted by Gasteiger charge is 2.25. The van der Waals surface area contributed by atoms with Gasteiger partial charge in [-0.15, -0.1) is 0 Å². The number of aryl methyl sites for hydroxylation is 3. The average molecular weight is 387 g/mol. The lowest BCUT2D eigenvalue weighted by Crippen LogP contribution is -2.22. The van der Waals surface area contributed by atoms with Crippen LogP contribution in [0.4, 0.5) is 5.82 Å². The van der Waals surface area contributed by atoms with Gasteiger partial charge in [0.1, 0.15) is 10.4 Å². The minimum Gasteiger partial charge on any atom is -0.493 e. The molecule has 0 fully saturated rings. The molecular weight excluding hydrogens is 368 g/mol. The third kappa shape index (κ3) is 2.45. The number of halogens is 1. The summed E-state index contributed by atoms with van der Waals surface area (Å²) in [5.41, 5.74) is 5.44. The molecule has 0 saturated carbocycles. The first kappa shape index (κ1) is 15.4. The Labute approximate surface area is 149 Å². The van der Waals surface area contributed by atoms with Gasteiger partial charge in [-0.25, -0.2) is 9.97 Å². The summed E-state index contributed by atoms with van der Waals surface area (Å²) in [6.07, 6.45) is 2.86. The molecule has 0 bridgehead atoms. The van der Waals surface area contributed by atoms with Crippen LogP contribution in [0.3, 0.4) is 0 Å². The lowest BCUT2D eigenvalue weighted by molar-refractivity contribution is 0.273. The molecule has 124 valence electrons. The summed E-state index contributed by atoms with van der Waals surface area (Å²) < 4.78 is 8.68. The van der Waals surface area contributed by atoms with Crippen LogP contribution in [0.2, 0.25) is 0 Å². The van der Waals surface area contributed by atoms with Crippen LogP contribution in [0.15, 0.2) is 29.0 Å². The minimum atomic E-state index is 0.165. The lowest BCUT2D eigenvalue weighted by Gasteiger charge is -2.28. The fourth-order valence-electron chi connectivity index (χ4n) is 3.31. The summed E-state index contributed by atoms with van der Waals surface area (Å²) in [4.78, 5) is 9.32. The van der Waals surface area contributed by atoms with E-state index in [0.29, 0.717) is 6.61 Å². The topological polar surface area (TPSA) is 51.5 Å². The van der Waals surface area contributed by atoms with Crippen LogP contribution in [0, 0.1) is 20.8 Å². The van der Waals surface area contributed by atoms with Crippen LogP contribution < -0.4 is 10.1 Å². The van der Waals surface area contributed by atoms with Gasteiger partial charge in [0, 0.05) is 23.9 Å². The summed E-state index contributed by atoms with van der Waals surface area (Å²) >= 11 is 3.51. The molecule has 4 rings (SSSR count). The second-order valence-electron chi connectivity index (χ2n) is 6.21. The highest BCUT2D eigenvalue weighted by Crippen LogP contribution is 2.37. The van der Waals surface area contributed by atoms with Crippen molar-refractivity contribution in [2.45, 2.75) is 33.2 Å². The number of nitrogens with one attached hydrogen (secondary N) is 1. The second-order valence-corrected chi connectivity index (χ2v) is 7.02. The zero-order valence-corrected chi connectivity index (χ0v) is 15.5. The smallest absolute Gasteiger partial charge is 0.180 e. The maximum absolute atomic E-state index is 5.82. The molecule has 0 radical (unpaired) electrons. The summed E-state index contributed by atoms with van der Waals surface area (Å²) in [6.45, 7) is 6.91. The predicted octanol–water partition coefficient (Wildman–Crippen LogP) is 4.35. The molecule has 5 nitrogen and oxygen atoms in total. The monoisotopic (exact) mass is 386 g/mol. The number of aromatic nitrogens is 3. The van der Waals surface area contributed by atoms with E-state index in [2.05, 4.69) is 55.5 Å². The minimum absolute atomic E-state index is 0.165. The van der Waals surface area contributed by atoms with E-state index >= 15 is 0 Å². The van der Waals surface area contributed by atoms with Gasteiger partial charge in [0.25, 0.3) is 0 Å². The van der Waals surface area contributed by atoms with E-state index in [-0.39, 0.29) is 6.04 Å². The quantitative estimate of drug-likeness (QED) is 0.710. The normalized spacial score (nSPS) is 16.8. The maximum Gasteiger partial charge on any atom is 0.180 e. The first-order valence-electron chi connectivity index (χ1n) is 8.05. The Morgan fingerprint density at radius 1 is 1.25 bits per heavy atom. The molecule has 3 aromatic rings. The molecule has 1 atom stereocenters. The van der Waals surface area contributed by atoms with Crippen LogP contribution >= 0.6 is 15.9 Å². The molecule has 1 aromatic carbocycles. The number of hydrogen-bond acceptors (Lipinski definition) is 4. The van der Waals surface area contributed by atoms with Gasteiger partial charge in [-0.1, -0.05) is 12.1 Å². The number of benzene rings is 1. The number of rotatable bonds is 2. The third-order valence-electron chi connectivity index (χ3n) is 4.66. The molecule has 1 N–H and O–H groups in total. The average Bonchev–Trinajstić information content (AvgIpc) is 2.83. The van der Waals surface area contributed by atoms with E-state index in [1.54, 1.807) is 0 Å². The van der Waals surface area contributed by atoms with E-state index in [0.717, 1.165) is 39.6 Å². The molecule has 0 saturated heterocycles. The van der Waals surface area contributed by atoms with Crippen molar-refractivity contribution in [1.82, 2.24) is 14.4 Å². The Balaban J connectivity index is 1.80. The van der Waals surface area contributed by atoms with E-state index in [9.17, 15) is 0 Å². The van der Waals surface area contributed by atoms with Crippen LogP contribution in [-0.4, -0.2) is 21.0 Å². The SMILES string of the molecule is Cc1cccc2c1C(Nc1nc(Br)cn3c(C)c(C)nc13)CCO2. The van der Waals surface area contributed by atoms with Gasteiger partial charge >= 0.3 is 0 Å². The third-order valence-corrected chi connectivity index (χ3v) is 5.04. The molecule has 0 spiro atoms. The van der Waals surface area contributed by atoms with E-state index in [4.69, 9.17) is 4.74 Å². The summed E-state index contributed by atoms with van der Waals surface area (Å²) in [6, 6.07) is 6.35. The summed E-state index contributed by atoms with van der Waals surface area (Å²) in [5.74, 6) is 1.75. The molecule has 0 aliphatic carbocycles. The number of nitrogens with zero attached hydrogens (tertiary/aromatic N) is 3. The summed E-state index contributed by atoms with van der Waals surface area (Å²) in [5, 5.41) is 3.60. The van der Waals surface area contributed by atoms with Gasteiger partial charge in [-0.05, 0) is 48.3 Å². The Hall–Kier alpha value is -2.08. The number of anilines is 1. The molecule has 6 heteroatoms. The molecule has 1 unspecified atom stereocenters. The number of fused-ring (bicyclic) bond motifs is 2. The Morgan fingerprint density at radius 3 is 2.92 bits per heavy atom. The fraction of sp³-hybridized carbons (Fsp3) is 0.333. The lowest BCUT2D eigenvalue weighted by atomic mass is 9.96. The van der Waals surface area contributed by atoms with Crippen molar-refractivity contribution in [1.29, 1.82) is 0 Å². The van der Waals surface area contributed by atoms with Crippen LogP contribution in [0.25, 0.3) is 5.65 Å². The van der Waals surface area contributed by atoms with Crippen molar-refractivity contribution >= 4 is 27.4 Å². The van der Waals surface area contributed by atoms with Gasteiger partial charge in [0.05, 0.1) is 18.3 Å². The Morgan fingerprint density at radius 2 is 2.08 bits per heavy atom. The van der Waals surface area contributed by atoms with E-state index in [1.165, 1.54) is 11.1 Å². The van der Waals surface area contributed by atoms with Crippen LogP contribution in [0.5, 0.6) is 5.75 Å². The van der Waals surface area contributed by atoms with Crippen molar-refractivity contribution < 1.29 is 4.74 Å². The highest BCUT2D eigenvalue weighted by atomic mass is 79.9. The van der Waals surface area contributed by atoms with Crippen molar-refractivity contribution in [3.05, 3.63) is 51.5 Å². The Bertz CT molecular complexity index is 934. The number of hydrogen-bond donors (Lipinski definition) is 1. The van der Waals surface area contributed by atoms with Crippen LogP contribution in [-0.2, 0) is 0 Å². The van der Waals surface area contributed by atoms with Crippen molar-refractivity contribution in [2.75, 3.05) is 11.9 Å². The van der Waals surface area contributed by atoms with E-state index in [1.807, 2.05) is 25.3 Å². The van der Waals surface area contributed by atoms with Gasteiger partial charge in [0.15, 0.2) is 11.5 Å². The summed E-state index contributed by atoms with van der Waals surface area (Å²) in [7, 11) is 0. The maximum atomic E-state index is 5.82. The van der Waals surface area contributed by atoms with Gasteiger partial charge in [0.2, 0.25) is 0 Å². The van der Waals surface area contributed by atoms with Gasteiger partial charge in [-0.2, -0.15) is 0 Å². The molecule has 1 aliphatic rings. The zero-order chi connectivity index (χ0) is 16.8. The largest absolute Gasteiger partial charge is 0.493 e.